The van der Waals surface area contributed by atoms with E-state index < -0.39 is 0 Å². The summed E-state index contributed by atoms with van der Waals surface area (Å²) in [4.78, 5) is 18.3. The molecule has 0 saturated heterocycles. The highest BCUT2D eigenvalue weighted by Gasteiger charge is 2.13. The number of carbonyl (C=O) groups excluding carboxylic acids is 1. The van der Waals surface area contributed by atoms with Crippen molar-refractivity contribution < 1.29 is 9.90 Å². The molecule has 1 amide bonds. The molecule has 0 bridgehead atoms. The lowest BCUT2D eigenvalue weighted by Gasteiger charge is -2.18. The minimum absolute atomic E-state index is 0.0393. The van der Waals surface area contributed by atoms with Gasteiger partial charge in [0.1, 0.15) is 5.82 Å². The monoisotopic (exact) mass is 280 g/mol. The summed E-state index contributed by atoms with van der Waals surface area (Å²) < 4.78 is 0. The van der Waals surface area contributed by atoms with Gasteiger partial charge in [-0.25, -0.2) is 10.8 Å². The summed E-state index contributed by atoms with van der Waals surface area (Å²) in [6.07, 6.45) is 3.32. The molecule has 0 aliphatic carbocycles. The van der Waals surface area contributed by atoms with E-state index >= 15 is 0 Å². The first kappa shape index (κ1) is 16.4. The van der Waals surface area contributed by atoms with Crippen LogP contribution in [0.3, 0.4) is 0 Å². The maximum Gasteiger partial charge on any atom is 0.253 e. The predicted molar refractivity (Wildman–Crippen MR) is 79.3 cm³/mol. The van der Waals surface area contributed by atoms with Crippen molar-refractivity contribution in [3.05, 3.63) is 23.4 Å². The Bertz CT molecular complexity index is 415. The Morgan fingerprint density at radius 2 is 2.15 bits per heavy atom. The van der Waals surface area contributed by atoms with Crippen molar-refractivity contribution in [3.8, 4) is 0 Å². The van der Waals surface area contributed by atoms with E-state index in [2.05, 4.69) is 10.4 Å². The first-order valence-electron chi connectivity index (χ1n) is 6.96. The van der Waals surface area contributed by atoms with Gasteiger partial charge in [0.15, 0.2) is 0 Å². The Hall–Kier alpha value is -1.66. The molecule has 6 heteroatoms. The highest BCUT2D eigenvalue weighted by molar-refractivity contribution is 5.94. The van der Waals surface area contributed by atoms with Crippen molar-refractivity contribution >= 4 is 11.7 Å². The van der Waals surface area contributed by atoms with Gasteiger partial charge >= 0.3 is 0 Å². The molecule has 0 saturated carbocycles. The number of aliphatic hydroxyl groups is 1. The molecule has 0 unspecified atom stereocenters. The van der Waals surface area contributed by atoms with Gasteiger partial charge in [-0.05, 0) is 37.8 Å². The van der Waals surface area contributed by atoms with E-state index in [1.54, 1.807) is 24.1 Å². The topological polar surface area (TPSA) is 91.5 Å². The highest BCUT2D eigenvalue weighted by atomic mass is 16.2. The van der Waals surface area contributed by atoms with Crippen LogP contribution in [-0.4, -0.2) is 41.1 Å². The van der Waals surface area contributed by atoms with Crippen molar-refractivity contribution in [1.82, 2.24) is 9.88 Å². The molecule has 0 fully saturated rings. The Balaban J connectivity index is 2.70. The van der Waals surface area contributed by atoms with Gasteiger partial charge < -0.3 is 15.4 Å². The molecule has 0 radical (unpaired) electrons. The van der Waals surface area contributed by atoms with E-state index in [0.29, 0.717) is 17.9 Å². The van der Waals surface area contributed by atoms with Crippen molar-refractivity contribution in [1.29, 1.82) is 0 Å². The maximum absolute atomic E-state index is 12.3. The van der Waals surface area contributed by atoms with Crippen LogP contribution >= 0.6 is 0 Å². The summed E-state index contributed by atoms with van der Waals surface area (Å²) in [6.45, 7) is 2.86. The second-order valence-electron chi connectivity index (χ2n) is 4.74. The summed E-state index contributed by atoms with van der Waals surface area (Å²) in [6, 6.07) is 3.46. The van der Waals surface area contributed by atoms with E-state index in [-0.39, 0.29) is 12.5 Å². The predicted octanol–water partition coefficient (Wildman–Crippen LogP) is 1.16. The lowest BCUT2D eigenvalue weighted by Crippen LogP contribution is -2.28. The second kappa shape index (κ2) is 8.50. The number of carbonyl (C=O) groups is 1. The Kier molecular flexibility index (Phi) is 6.97. The van der Waals surface area contributed by atoms with Crippen LogP contribution in [0, 0.1) is 0 Å². The third kappa shape index (κ3) is 4.79. The van der Waals surface area contributed by atoms with Crippen LogP contribution in [0.4, 0.5) is 5.82 Å². The number of pyridine rings is 1. The Labute approximate surface area is 120 Å². The van der Waals surface area contributed by atoms with Gasteiger partial charge in [-0.15, -0.1) is 0 Å². The Morgan fingerprint density at radius 3 is 2.75 bits per heavy atom. The first-order chi connectivity index (χ1) is 9.62. The summed E-state index contributed by atoms with van der Waals surface area (Å²) in [7, 11) is 1.78. The van der Waals surface area contributed by atoms with E-state index in [0.717, 1.165) is 31.4 Å². The lowest BCUT2D eigenvalue weighted by atomic mass is 10.1. The number of nitrogen functional groups attached to an aromatic ring is 1. The molecule has 0 atom stereocenters. The number of nitrogens with zero attached hydrogens (tertiary/aromatic N) is 2. The van der Waals surface area contributed by atoms with Gasteiger partial charge in [0.2, 0.25) is 0 Å². The van der Waals surface area contributed by atoms with Crippen molar-refractivity contribution in [3.63, 3.8) is 0 Å². The summed E-state index contributed by atoms with van der Waals surface area (Å²) >= 11 is 0. The fourth-order valence-electron chi connectivity index (χ4n) is 1.93. The summed E-state index contributed by atoms with van der Waals surface area (Å²) in [5.41, 5.74) is 3.91. The fraction of sp³-hybridized carbons (Fsp3) is 0.571. The number of aryl methyl sites for hydroxylation is 1. The van der Waals surface area contributed by atoms with Crippen LogP contribution in [0.1, 0.15) is 42.2 Å². The number of aromatic nitrogens is 1. The van der Waals surface area contributed by atoms with Crippen LogP contribution in [0.5, 0.6) is 0 Å². The zero-order chi connectivity index (χ0) is 15.0. The van der Waals surface area contributed by atoms with Crippen LogP contribution in [0.25, 0.3) is 0 Å². The molecule has 0 spiro atoms. The molecule has 4 N–H and O–H groups in total. The molecule has 1 aromatic rings. The number of aliphatic hydroxyl groups excluding tert-OH is 1. The minimum atomic E-state index is -0.0393. The highest BCUT2D eigenvalue weighted by Crippen LogP contribution is 2.13. The largest absolute Gasteiger partial charge is 0.396 e. The summed E-state index contributed by atoms with van der Waals surface area (Å²) in [5.74, 6) is 5.83. The first-order valence-corrected chi connectivity index (χ1v) is 6.96. The van der Waals surface area contributed by atoms with Crippen LogP contribution in [-0.2, 0) is 6.42 Å². The number of hydrazine groups is 1. The van der Waals surface area contributed by atoms with Crippen LogP contribution < -0.4 is 11.3 Å². The quantitative estimate of drug-likeness (QED) is 0.377. The Morgan fingerprint density at radius 1 is 1.40 bits per heavy atom. The fourth-order valence-corrected chi connectivity index (χ4v) is 1.93. The summed E-state index contributed by atoms with van der Waals surface area (Å²) in [5, 5.41) is 8.73. The van der Waals surface area contributed by atoms with Gasteiger partial charge in [-0.1, -0.05) is 6.92 Å². The molecule has 1 heterocycles. The van der Waals surface area contributed by atoms with Crippen LogP contribution in [0.2, 0.25) is 0 Å². The number of nitrogens with two attached hydrogens (primary N) is 1. The number of anilines is 1. The average molecular weight is 280 g/mol. The number of rotatable bonds is 8. The van der Waals surface area contributed by atoms with Gasteiger partial charge in [0, 0.05) is 31.5 Å². The third-order valence-corrected chi connectivity index (χ3v) is 3.13. The zero-order valence-corrected chi connectivity index (χ0v) is 12.2. The number of hydrogen-bond acceptors (Lipinski definition) is 5. The standard InChI is InChI=1S/C14H24N4O2/c1-3-12-9-11(10-13(16-12)17-15)14(20)18(2)7-5-4-6-8-19/h9-10,19H,3-8,15H2,1-2H3,(H,16,17). The van der Waals surface area contributed by atoms with E-state index in [9.17, 15) is 4.79 Å². The molecular weight excluding hydrogens is 256 g/mol. The van der Waals surface area contributed by atoms with Gasteiger partial charge in [-0.3, -0.25) is 4.79 Å². The second-order valence-corrected chi connectivity index (χ2v) is 4.74. The van der Waals surface area contributed by atoms with E-state index in [1.165, 1.54) is 0 Å². The van der Waals surface area contributed by atoms with Gasteiger partial charge in [0.05, 0.1) is 0 Å². The molecule has 0 aliphatic rings. The molecule has 0 aliphatic heterocycles. The SMILES string of the molecule is CCc1cc(C(=O)N(C)CCCCCO)cc(NN)n1. The minimum Gasteiger partial charge on any atom is -0.396 e. The van der Waals surface area contributed by atoms with E-state index in [1.807, 2.05) is 6.92 Å². The van der Waals surface area contributed by atoms with Gasteiger partial charge in [-0.2, -0.15) is 0 Å². The van der Waals surface area contributed by atoms with Crippen LogP contribution in [0.15, 0.2) is 12.1 Å². The molecule has 0 aromatic carbocycles. The smallest absolute Gasteiger partial charge is 0.253 e. The number of nitrogens with one attached hydrogen (secondary N) is 1. The van der Waals surface area contributed by atoms with Crippen molar-refractivity contribution in [2.75, 3.05) is 25.6 Å². The number of amides is 1. The molecular formula is C14H24N4O2. The number of hydrogen-bond donors (Lipinski definition) is 3. The van der Waals surface area contributed by atoms with Crippen molar-refractivity contribution in [2.24, 2.45) is 5.84 Å². The lowest BCUT2D eigenvalue weighted by molar-refractivity contribution is 0.0792. The molecule has 6 nitrogen and oxygen atoms in total. The van der Waals surface area contributed by atoms with E-state index in [4.69, 9.17) is 10.9 Å². The zero-order valence-electron chi connectivity index (χ0n) is 12.2. The van der Waals surface area contributed by atoms with Crippen molar-refractivity contribution in [2.45, 2.75) is 32.6 Å². The molecule has 1 aromatic heterocycles. The average Bonchev–Trinajstić information content (AvgIpc) is 2.49. The maximum atomic E-state index is 12.3. The number of unbranched alkanes of at least 4 members (excludes halogenated alkanes) is 2. The third-order valence-electron chi connectivity index (χ3n) is 3.13. The normalized spacial score (nSPS) is 10.4. The molecule has 112 valence electrons. The molecule has 20 heavy (non-hydrogen) atoms. The van der Waals surface area contributed by atoms with Gasteiger partial charge in [0.25, 0.3) is 5.91 Å². The molecule has 1 rings (SSSR count).